The molecule has 18 heavy (non-hydrogen) atoms. The Kier molecular flexibility index (Phi) is 4.22. The topological polar surface area (TPSA) is 38.9 Å². The van der Waals surface area contributed by atoms with E-state index in [9.17, 15) is 4.39 Å². The zero-order valence-corrected chi connectivity index (χ0v) is 11.9. The quantitative estimate of drug-likeness (QED) is 0.837. The van der Waals surface area contributed by atoms with E-state index in [0.717, 1.165) is 11.4 Å². The summed E-state index contributed by atoms with van der Waals surface area (Å²) in [6.45, 7) is 1.99. The molecule has 0 aliphatic rings. The number of hydrogen-bond acceptors (Lipinski definition) is 3. The molecule has 0 amide bonds. The normalized spacial score (nSPS) is 12.7. The molecule has 0 bridgehead atoms. The second kappa shape index (κ2) is 5.53. The summed E-state index contributed by atoms with van der Waals surface area (Å²) in [6, 6.07) is 2.58. The van der Waals surface area contributed by atoms with Crippen molar-refractivity contribution < 1.29 is 4.39 Å². The number of benzene rings is 1. The van der Waals surface area contributed by atoms with Gasteiger partial charge in [-0.1, -0.05) is 30.1 Å². The molecule has 1 aromatic heterocycles. The number of aromatic nitrogens is 1. The van der Waals surface area contributed by atoms with Crippen LogP contribution in [0.15, 0.2) is 17.5 Å². The van der Waals surface area contributed by atoms with E-state index in [1.165, 1.54) is 23.5 Å². The molecule has 0 saturated carbocycles. The molecule has 0 aliphatic heterocycles. The highest BCUT2D eigenvalue weighted by Gasteiger charge is 2.14. The molecule has 0 radical (unpaired) electrons. The number of hydrogen-bond donors (Lipinski definition) is 1. The first-order chi connectivity index (χ1) is 8.52. The number of nitrogens with zero attached hydrogens (tertiary/aromatic N) is 1. The Morgan fingerprint density at radius 2 is 2.11 bits per heavy atom. The van der Waals surface area contributed by atoms with Crippen LogP contribution in [0.4, 0.5) is 4.39 Å². The van der Waals surface area contributed by atoms with Crippen LogP contribution in [0.3, 0.4) is 0 Å². The van der Waals surface area contributed by atoms with Gasteiger partial charge >= 0.3 is 0 Å². The van der Waals surface area contributed by atoms with Crippen LogP contribution in [0.5, 0.6) is 0 Å². The fourth-order valence-corrected chi connectivity index (χ4v) is 2.86. The van der Waals surface area contributed by atoms with Gasteiger partial charge in [-0.25, -0.2) is 9.37 Å². The number of halogens is 3. The summed E-state index contributed by atoms with van der Waals surface area (Å²) in [5.41, 5.74) is 7.05. The highest BCUT2D eigenvalue weighted by Crippen LogP contribution is 2.33. The minimum absolute atomic E-state index is 0.00413. The highest BCUT2D eigenvalue weighted by molar-refractivity contribution is 7.10. The summed E-state index contributed by atoms with van der Waals surface area (Å²) in [6.07, 6.45) is 0.801. The second-order valence-corrected chi connectivity index (χ2v) is 5.54. The number of nitrogens with two attached hydrogens (primary N) is 1. The van der Waals surface area contributed by atoms with Gasteiger partial charge in [0.15, 0.2) is 0 Å². The Morgan fingerprint density at radius 1 is 1.39 bits per heavy atom. The average Bonchev–Trinajstić information content (AvgIpc) is 2.82. The maximum absolute atomic E-state index is 13.4. The molecule has 2 rings (SSSR count). The van der Waals surface area contributed by atoms with Crippen LogP contribution in [0, 0.1) is 5.82 Å². The van der Waals surface area contributed by atoms with Gasteiger partial charge < -0.3 is 5.73 Å². The Bertz CT molecular complexity index is 571. The Morgan fingerprint density at radius 3 is 2.78 bits per heavy atom. The van der Waals surface area contributed by atoms with Gasteiger partial charge in [0.1, 0.15) is 10.8 Å². The Hall–Kier alpha value is -0.680. The molecule has 2 aromatic rings. The molecule has 0 spiro atoms. The smallest absolute Gasteiger partial charge is 0.142 e. The standard InChI is InChI=1S/C12H11Cl2FN2S/c1-2-10(16)12-17-11(5-18-12)6-3-9(15)8(14)4-7(6)13/h3-5,10H,2,16H2,1H3. The summed E-state index contributed by atoms with van der Waals surface area (Å²) >= 11 is 13.1. The largest absolute Gasteiger partial charge is 0.322 e. The van der Waals surface area contributed by atoms with E-state index in [1.807, 2.05) is 12.3 Å². The van der Waals surface area contributed by atoms with Crippen molar-refractivity contribution in [3.63, 3.8) is 0 Å². The fourth-order valence-electron chi connectivity index (χ4n) is 1.48. The molecule has 0 fully saturated rings. The lowest BCUT2D eigenvalue weighted by Crippen LogP contribution is -2.07. The van der Waals surface area contributed by atoms with E-state index in [2.05, 4.69) is 4.98 Å². The minimum Gasteiger partial charge on any atom is -0.322 e. The summed E-state index contributed by atoms with van der Waals surface area (Å²) in [7, 11) is 0. The molecule has 96 valence electrons. The average molecular weight is 305 g/mol. The second-order valence-electron chi connectivity index (χ2n) is 3.83. The zero-order chi connectivity index (χ0) is 13.3. The molecule has 6 heteroatoms. The van der Waals surface area contributed by atoms with E-state index >= 15 is 0 Å². The molecule has 2 N–H and O–H groups in total. The van der Waals surface area contributed by atoms with Crippen LogP contribution in [-0.2, 0) is 0 Å². The van der Waals surface area contributed by atoms with E-state index < -0.39 is 5.82 Å². The van der Waals surface area contributed by atoms with Gasteiger partial charge in [0, 0.05) is 10.9 Å². The van der Waals surface area contributed by atoms with E-state index in [4.69, 9.17) is 28.9 Å². The summed E-state index contributed by atoms with van der Waals surface area (Å²) in [5, 5.41) is 3.02. The van der Waals surface area contributed by atoms with Crippen molar-refractivity contribution in [3.05, 3.63) is 38.4 Å². The summed E-state index contributed by atoms with van der Waals surface area (Å²) in [4.78, 5) is 4.38. The van der Waals surface area contributed by atoms with Crippen LogP contribution in [-0.4, -0.2) is 4.98 Å². The van der Waals surface area contributed by atoms with Crippen LogP contribution in [0.25, 0.3) is 11.3 Å². The molecule has 1 unspecified atom stereocenters. The predicted octanol–water partition coefficient (Wildman–Crippen LogP) is 4.67. The molecular weight excluding hydrogens is 294 g/mol. The van der Waals surface area contributed by atoms with Crippen molar-refractivity contribution >= 4 is 34.5 Å². The molecule has 0 aliphatic carbocycles. The van der Waals surface area contributed by atoms with Crippen LogP contribution < -0.4 is 5.73 Å². The van der Waals surface area contributed by atoms with Gasteiger partial charge in [-0.2, -0.15) is 0 Å². The number of thiazole rings is 1. The third kappa shape index (κ3) is 2.67. The SMILES string of the molecule is CCC(N)c1nc(-c2cc(F)c(Cl)cc2Cl)cs1. The lowest BCUT2D eigenvalue weighted by Gasteiger charge is -2.04. The molecule has 0 saturated heterocycles. The first-order valence-electron chi connectivity index (χ1n) is 5.38. The van der Waals surface area contributed by atoms with Gasteiger partial charge in [0.05, 0.1) is 21.8 Å². The molecular formula is C12H11Cl2FN2S. The third-order valence-electron chi connectivity index (χ3n) is 2.56. The summed E-state index contributed by atoms with van der Waals surface area (Å²) < 4.78 is 13.4. The minimum atomic E-state index is -0.509. The van der Waals surface area contributed by atoms with Crippen molar-refractivity contribution in [1.29, 1.82) is 0 Å². The molecule has 1 aromatic carbocycles. The van der Waals surface area contributed by atoms with E-state index in [-0.39, 0.29) is 11.1 Å². The highest BCUT2D eigenvalue weighted by atomic mass is 35.5. The van der Waals surface area contributed by atoms with Crippen LogP contribution >= 0.6 is 34.5 Å². The maximum Gasteiger partial charge on any atom is 0.142 e. The van der Waals surface area contributed by atoms with E-state index in [0.29, 0.717) is 16.3 Å². The lowest BCUT2D eigenvalue weighted by molar-refractivity contribution is 0.628. The predicted molar refractivity (Wildman–Crippen MR) is 74.7 cm³/mol. The first-order valence-corrected chi connectivity index (χ1v) is 7.02. The van der Waals surface area contributed by atoms with E-state index in [1.54, 1.807) is 0 Å². The van der Waals surface area contributed by atoms with Crippen molar-refractivity contribution in [2.45, 2.75) is 19.4 Å². The lowest BCUT2D eigenvalue weighted by atomic mass is 10.1. The first kappa shape index (κ1) is 13.7. The van der Waals surface area contributed by atoms with Gasteiger partial charge in [-0.05, 0) is 18.6 Å². The molecule has 1 heterocycles. The van der Waals surface area contributed by atoms with Gasteiger partial charge in [-0.3, -0.25) is 0 Å². The van der Waals surface area contributed by atoms with Crippen molar-refractivity contribution in [3.8, 4) is 11.3 Å². The van der Waals surface area contributed by atoms with Crippen LogP contribution in [0.2, 0.25) is 10.0 Å². The van der Waals surface area contributed by atoms with Gasteiger partial charge in [-0.15, -0.1) is 11.3 Å². The maximum atomic E-state index is 13.4. The van der Waals surface area contributed by atoms with Gasteiger partial charge in [0.2, 0.25) is 0 Å². The third-order valence-corrected chi connectivity index (χ3v) is 4.14. The van der Waals surface area contributed by atoms with Crippen molar-refractivity contribution in [1.82, 2.24) is 4.98 Å². The monoisotopic (exact) mass is 304 g/mol. The van der Waals surface area contributed by atoms with Gasteiger partial charge in [0.25, 0.3) is 0 Å². The fraction of sp³-hybridized carbons (Fsp3) is 0.250. The summed E-state index contributed by atoms with van der Waals surface area (Å²) in [5.74, 6) is -0.509. The molecule has 1 atom stereocenters. The van der Waals surface area contributed by atoms with Crippen molar-refractivity contribution in [2.24, 2.45) is 5.73 Å². The van der Waals surface area contributed by atoms with Crippen molar-refractivity contribution in [2.75, 3.05) is 0 Å². The van der Waals surface area contributed by atoms with Crippen LogP contribution in [0.1, 0.15) is 24.4 Å². The Balaban J connectivity index is 2.43. The Labute approximate surface area is 119 Å². The molecule has 2 nitrogen and oxygen atoms in total. The zero-order valence-electron chi connectivity index (χ0n) is 9.58. The number of rotatable bonds is 3.